The number of anilines is 5. The van der Waals surface area contributed by atoms with Crippen molar-refractivity contribution in [1.82, 2.24) is 9.13 Å². The number of thiophene rings is 1. The smallest absolute Gasteiger partial charge is 0.137 e. The van der Waals surface area contributed by atoms with Crippen LogP contribution >= 0.6 is 11.3 Å². The van der Waals surface area contributed by atoms with E-state index in [0.29, 0.717) is 0 Å². The van der Waals surface area contributed by atoms with Gasteiger partial charge in [-0.3, -0.25) is 0 Å². The molecule has 0 bridgehead atoms. The van der Waals surface area contributed by atoms with Crippen molar-refractivity contribution in [3.63, 3.8) is 0 Å². The normalized spacial score (nSPS) is 11.2. The van der Waals surface area contributed by atoms with E-state index in [4.69, 9.17) is 8.83 Å². The molecule has 10 heteroatoms. The van der Waals surface area contributed by atoms with E-state index in [0.717, 1.165) is 28.0 Å². The molecule has 0 N–H and O–H groups in total. The Kier molecular flexibility index (Phi) is 16.9. The zero-order valence-corrected chi connectivity index (χ0v) is 54.7. The first-order valence-electron chi connectivity index (χ1n) is 31.1. The molecule has 0 aliphatic carbocycles. The second-order valence-corrected chi connectivity index (χ2v) is 25.2. The summed E-state index contributed by atoms with van der Waals surface area (Å²) in [5, 5.41) is 12.7. The maximum absolute atomic E-state index is 5.82. The van der Waals surface area contributed by atoms with E-state index in [1.54, 1.807) is 0 Å². The quantitative estimate of drug-likeness (QED) is 0.158. The summed E-state index contributed by atoms with van der Waals surface area (Å²) in [6, 6.07) is 95.8. The standard InChI is InChI=1S/2C20H18N2.2C14H13NO.C14H13NS/c1-21(2)16-12-13-20-18(14-16)17-10-6-7-11-19(17)22(20)15-8-4-3-5-9-15;1-21(2)16-12-13-18-17-10-6-7-11-19(17)22(20(18)14-16)15-8-4-3-5-9-15;1-15(2)10-7-8-14-12(9-10)11-5-3-4-6-13(11)16-14;1-15(2)10-7-8-12-11-5-3-4-6-13(11)16-14(12)9-10;1-15(2)10-7-8-14-12(9-10)11-5-3-4-6-13(11)16-14/h2*3-14H,1-2H3;3*3-9H,1-2H3. The molecule has 9 nitrogen and oxygen atoms in total. The highest BCUT2D eigenvalue weighted by Gasteiger charge is 2.16. The lowest BCUT2D eigenvalue weighted by Gasteiger charge is -2.13. The number of para-hydroxylation sites is 6. The molecule has 0 amide bonds. The molecule has 5 aromatic heterocycles. The molecular weight excluding hydrogens is 1150 g/mol. The number of rotatable bonds is 7. The maximum Gasteiger partial charge on any atom is 0.137 e. The minimum absolute atomic E-state index is 0.951. The van der Waals surface area contributed by atoms with Crippen LogP contribution in [0.25, 0.3) is 119 Å². The fourth-order valence-corrected chi connectivity index (χ4v) is 13.3. The number of fused-ring (bicyclic) bond motifs is 15. The predicted molar refractivity (Wildman–Crippen MR) is 400 cm³/mol. The van der Waals surface area contributed by atoms with Crippen LogP contribution in [0.1, 0.15) is 0 Å². The third-order valence-electron chi connectivity index (χ3n) is 17.0. The Morgan fingerprint density at radius 2 is 0.576 bits per heavy atom. The third kappa shape index (κ3) is 11.9. The van der Waals surface area contributed by atoms with Gasteiger partial charge in [0.25, 0.3) is 0 Å². The topological polar surface area (TPSA) is 52.3 Å². The highest BCUT2D eigenvalue weighted by atomic mass is 32.1. The molecule has 456 valence electrons. The molecule has 0 aliphatic rings. The SMILES string of the molecule is CN(C)c1ccc2c(c1)c1ccccc1n2-c1ccccc1.CN(C)c1ccc2c(c1)oc1ccccc12.CN(C)c1ccc2c3ccccc3n(-c3ccccc3)c2c1.CN(C)c1ccc2oc3ccccc3c2c1.CN(C)c1ccc2sc3ccccc3c2c1. The van der Waals surface area contributed by atoms with Crippen LogP contribution in [0.4, 0.5) is 28.4 Å². The van der Waals surface area contributed by atoms with Gasteiger partial charge in [0.05, 0.1) is 22.1 Å². The minimum atomic E-state index is 0.951. The monoisotopic (exact) mass is 1220 g/mol. The highest BCUT2D eigenvalue weighted by Crippen LogP contribution is 2.39. The van der Waals surface area contributed by atoms with Crippen molar-refractivity contribution in [1.29, 1.82) is 0 Å². The predicted octanol–water partition coefficient (Wildman–Crippen LogP) is 21.1. The van der Waals surface area contributed by atoms with Crippen molar-refractivity contribution in [2.24, 2.45) is 0 Å². The van der Waals surface area contributed by atoms with Crippen LogP contribution in [0.3, 0.4) is 0 Å². The van der Waals surface area contributed by atoms with Gasteiger partial charge in [-0.25, -0.2) is 0 Å². The summed E-state index contributed by atoms with van der Waals surface area (Å²) in [5.74, 6) is 0. The van der Waals surface area contributed by atoms with Gasteiger partial charge in [-0.2, -0.15) is 0 Å². The Balaban J connectivity index is 0.000000106. The van der Waals surface area contributed by atoms with Crippen LogP contribution in [0.5, 0.6) is 0 Å². The number of benzene rings is 12. The first-order valence-corrected chi connectivity index (χ1v) is 31.9. The summed E-state index contributed by atoms with van der Waals surface area (Å²) in [7, 11) is 20.6. The third-order valence-corrected chi connectivity index (χ3v) is 18.2. The Bertz CT molecular complexity index is 5290. The lowest BCUT2D eigenvalue weighted by atomic mass is 10.1. The van der Waals surface area contributed by atoms with Crippen LogP contribution in [0, 0.1) is 0 Å². The molecule has 0 radical (unpaired) electrons. The van der Waals surface area contributed by atoms with E-state index < -0.39 is 0 Å². The van der Waals surface area contributed by atoms with Gasteiger partial charge in [0, 0.05) is 180 Å². The van der Waals surface area contributed by atoms with Crippen LogP contribution in [0.2, 0.25) is 0 Å². The molecule has 0 unspecified atom stereocenters. The lowest BCUT2D eigenvalue weighted by molar-refractivity contribution is 0.668. The molecule has 12 aromatic carbocycles. The Labute approximate surface area is 541 Å². The summed E-state index contributed by atoms with van der Waals surface area (Å²) in [5.41, 5.74) is 17.3. The van der Waals surface area contributed by atoms with Crippen LogP contribution in [-0.4, -0.2) is 79.6 Å². The Hall–Kier alpha value is -10.9. The van der Waals surface area contributed by atoms with Gasteiger partial charge in [0.15, 0.2) is 0 Å². The van der Waals surface area contributed by atoms with Gasteiger partial charge in [-0.05, 0) is 133 Å². The summed E-state index contributed by atoms with van der Waals surface area (Å²) >= 11 is 1.86. The van der Waals surface area contributed by atoms with Crippen molar-refractivity contribution < 1.29 is 8.83 Å². The largest absolute Gasteiger partial charge is 0.456 e. The fraction of sp³-hybridized carbons (Fsp3) is 0.122. The molecule has 17 rings (SSSR count). The molecular formula is C82H75N7O2S. The summed E-state index contributed by atoms with van der Waals surface area (Å²) < 4.78 is 19.0. The van der Waals surface area contributed by atoms with Gasteiger partial charge < -0.3 is 42.5 Å². The van der Waals surface area contributed by atoms with E-state index in [-0.39, 0.29) is 0 Å². The number of hydrogen-bond acceptors (Lipinski definition) is 8. The van der Waals surface area contributed by atoms with E-state index in [9.17, 15) is 0 Å². The zero-order chi connectivity index (χ0) is 63.6. The highest BCUT2D eigenvalue weighted by molar-refractivity contribution is 7.25. The molecule has 5 heterocycles. The first-order chi connectivity index (χ1) is 44.8. The first kappa shape index (κ1) is 60.0. The van der Waals surface area contributed by atoms with Gasteiger partial charge in [0.2, 0.25) is 0 Å². The van der Waals surface area contributed by atoms with Crippen LogP contribution < -0.4 is 24.5 Å². The minimum Gasteiger partial charge on any atom is -0.456 e. The van der Waals surface area contributed by atoms with Gasteiger partial charge in [-0.1, -0.05) is 133 Å². The van der Waals surface area contributed by atoms with Gasteiger partial charge in [-0.15, -0.1) is 11.3 Å². The number of hydrogen-bond donors (Lipinski definition) is 0. The Morgan fingerprint density at radius 1 is 0.228 bits per heavy atom. The number of nitrogens with zero attached hydrogens (tertiary/aromatic N) is 7. The molecule has 0 saturated carbocycles. The summed E-state index contributed by atoms with van der Waals surface area (Å²) in [6.45, 7) is 0. The molecule has 92 heavy (non-hydrogen) atoms. The molecule has 0 aliphatic heterocycles. The summed E-state index contributed by atoms with van der Waals surface area (Å²) in [6.07, 6.45) is 0. The summed E-state index contributed by atoms with van der Waals surface area (Å²) in [4.78, 5) is 10.6. The van der Waals surface area contributed by atoms with E-state index in [1.165, 1.54) is 119 Å². The molecule has 0 saturated heterocycles. The Morgan fingerprint density at radius 3 is 1.16 bits per heavy atom. The molecule has 0 fully saturated rings. The maximum atomic E-state index is 5.82. The van der Waals surface area contributed by atoms with Crippen LogP contribution in [-0.2, 0) is 0 Å². The average molecular weight is 1220 g/mol. The number of aromatic nitrogens is 2. The molecule has 0 atom stereocenters. The fourth-order valence-electron chi connectivity index (χ4n) is 12.2. The molecule has 17 aromatic rings. The van der Waals surface area contributed by atoms with Crippen molar-refractivity contribution in [2.45, 2.75) is 0 Å². The van der Waals surface area contributed by atoms with E-state index in [1.807, 2.05) is 82.0 Å². The molecule has 0 spiro atoms. The second kappa shape index (κ2) is 25.9. The van der Waals surface area contributed by atoms with E-state index >= 15 is 0 Å². The van der Waals surface area contributed by atoms with E-state index in [2.05, 4.69) is 306 Å². The van der Waals surface area contributed by atoms with Crippen molar-refractivity contribution >= 4 is 147 Å². The van der Waals surface area contributed by atoms with Crippen LogP contribution in [0.15, 0.2) is 282 Å². The van der Waals surface area contributed by atoms with Crippen molar-refractivity contribution in [2.75, 3.05) is 95.0 Å². The second-order valence-electron chi connectivity index (χ2n) is 24.1. The van der Waals surface area contributed by atoms with Crippen molar-refractivity contribution in [3.8, 4) is 11.4 Å². The lowest BCUT2D eigenvalue weighted by Crippen LogP contribution is -2.08. The average Bonchev–Trinajstić information content (AvgIpc) is 1.62. The van der Waals surface area contributed by atoms with Gasteiger partial charge >= 0.3 is 0 Å². The zero-order valence-electron chi connectivity index (χ0n) is 53.8. The van der Waals surface area contributed by atoms with Crippen molar-refractivity contribution in [3.05, 3.63) is 273 Å². The van der Waals surface area contributed by atoms with Gasteiger partial charge in [0.1, 0.15) is 22.3 Å². The number of furan rings is 2.